The Morgan fingerprint density at radius 3 is 1.06 bits per heavy atom. The Kier molecular flexibility index (Phi) is 23.1. The predicted octanol–water partition coefficient (Wildman–Crippen LogP) is 4.74. The van der Waals surface area contributed by atoms with Crippen LogP contribution in [0.2, 0.25) is 0 Å². The van der Waals surface area contributed by atoms with Crippen LogP contribution in [0.25, 0.3) is 33.4 Å². The van der Waals surface area contributed by atoms with Crippen molar-refractivity contribution >= 4 is 65.7 Å². The summed E-state index contributed by atoms with van der Waals surface area (Å²) in [6.07, 6.45) is -29.4. The Labute approximate surface area is 795 Å². The second-order valence-electron chi connectivity index (χ2n) is 31.5. The molecule has 6 aliphatic heterocycles. The second kappa shape index (κ2) is 35.0. The molecule has 0 spiro atoms. The molecule has 145 heavy (non-hydrogen) atoms. The highest BCUT2D eigenvalue weighted by Gasteiger charge is 2.59. The van der Waals surface area contributed by atoms with Gasteiger partial charge in [0.15, 0.2) is 168 Å². The smallest absolute Gasteiger partial charge is 0.347 e. The fourth-order valence-corrected chi connectivity index (χ4v) is 15.8. The fraction of sp³-hybridized carbons (Fsp3) is 0.135. The van der Waals surface area contributed by atoms with E-state index in [0.29, 0.717) is 54.6 Å². The van der Waals surface area contributed by atoms with E-state index < -0.39 is 436 Å². The minimum Gasteiger partial charge on any atom is -0.504 e. The van der Waals surface area contributed by atoms with Gasteiger partial charge in [0.25, 0.3) is 0 Å². The van der Waals surface area contributed by atoms with Crippen LogP contribution in [0.15, 0.2) is 84.9 Å². The van der Waals surface area contributed by atoms with Crippen molar-refractivity contribution in [3.05, 3.63) is 146 Å². The lowest BCUT2D eigenvalue weighted by molar-refractivity contribution is -0.283. The maximum absolute atomic E-state index is 16.0. The van der Waals surface area contributed by atoms with E-state index in [1.165, 1.54) is 0 Å². The number of benzene rings is 11. The number of cyclic esters (lactones) is 1. The van der Waals surface area contributed by atoms with Gasteiger partial charge in [-0.15, -0.1) is 0 Å². The Morgan fingerprint density at radius 1 is 0.276 bits per heavy atom. The van der Waals surface area contributed by atoms with Gasteiger partial charge >= 0.3 is 65.7 Å². The lowest BCUT2D eigenvalue weighted by Gasteiger charge is -2.44. The van der Waals surface area contributed by atoms with Gasteiger partial charge in [-0.05, 0) is 60.7 Å². The Bertz CT molecular complexity index is 7570. The average Bonchev–Trinajstić information content (AvgIpc) is 1.70. The van der Waals surface area contributed by atoms with Crippen LogP contribution in [0.5, 0.6) is 201 Å². The maximum Gasteiger partial charge on any atom is 0.347 e. The molecule has 10 unspecified atom stereocenters. The van der Waals surface area contributed by atoms with E-state index in [9.17, 15) is 177 Å². The van der Waals surface area contributed by atoms with Crippen molar-refractivity contribution < 1.29 is 277 Å². The molecule has 0 saturated carbocycles. The van der Waals surface area contributed by atoms with Gasteiger partial charge in [0.05, 0.1) is 50.1 Å². The van der Waals surface area contributed by atoms with Crippen molar-refractivity contribution in [2.75, 3.05) is 13.2 Å². The Hall–Kier alpha value is -20.9. The highest BCUT2D eigenvalue weighted by atomic mass is 16.8. The van der Waals surface area contributed by atoms with Crippen LogP contribution in [0, 0.1) is 0 Å². The molecule has 0 aliphatic carbocycles. The van der Waals surface area contributed by atoms with Crippen molar-refractivity contribution in [2.45, 2.75) is 61.4 Å². The lowest BCUT2D eigenvalue weighted by Crippen LogP contribution is -2.63. The van der Waals surface area contributed by atoms with Gasteiger partial charge in [-0.25, -0.2) is 52.7 Å². The van der Waals surface area contributed by atoms with E-state index in [1.54, 1.807) is 0 Å². The monoisotopic (exact) mass is 2020 g/mol. The van der Waals surface area contributed by atoms with Crippen LogP contribution < -0.4 is 14.2 Å². The van der Waals surface area contributed by atoms with E-state index in [0.717, 1.165) is 0 Å². The van der Waals surface area contributed by atoms with Crippen LogP contribution in [-0.2, 0) is 56.8 Å². The third-order valence-corrected chi connectivity index (χ3v) is 22.8. The Balaban J connectivity index is 0.828. The van der Waals surface area contributed by atoms with Gasteiger partial charge in [0.2, 0.25) is 82.3 Å². The van der Waals surface area contributed by atoms with Crippen LogP contribution in [0.3, 0.4) is 0 Å². The minimum atomic E-state index is -3.14. The highest BCUT2D eigenvalue weighted by Crippen LogP contribution is 2.62. The second-order valence-corrected chi connectivity index (χ2v) is 31.5. The first kappa shape index (κ1) is 95.8. The van der Waals surface area contributed by atoms with Crippen molar-refractivity contribution in [1.29, 1.82) is 0 Å². The zero-order valence-corrected chi connectivity index (χ0v) is 70.8. The van der Waals surface area contributed by atoms with Crippen molar-refractivity contribution in [2.24, 2.45) is 0 Å². The molecule has 11 aromatic rings. The number of phenols is 30. The van der Waals surface area contributed by atoms with E-state index >= 15 is 28.8 Å². The molecule has 750 valence electrons. The molecule has 11 aromatic carbocycles. The number of rotatable bonds is 11. The Morgan fingerprint density at radius 2 is 0.614 bits per heavy atom. The van der Waals surface area contributed by atoms with Crippen molar-refractivity contribution in [3.8, 4) is 235 Å². The molecular formula is C89H58O56. The first-order valence-electron chi connectivity index (χ1n) is 40.2. The summed E-state index contributed by atoms with van der Waals surface area (Å²) in [5.74, 6) is -75.7. The third-order valence-electron chi connectivity index (χ3n) is 22.8. The largest absolute Gasteiger partial charge is 0.504 e. The molecule has 0 amide bonds. The topological polar surface area (TPSA) is 933 Å². The summed E-state index contributed by atoms with van der Waals surface area (Å²) in [6, 6.07) is 4.26. The first-order chi connectivity index (χ1) is 68.3. The summed E-state index contributed by atoms with van der Waals surface area (Å²) in [5.41, 5.74) is -22.6. The zero-order valence-electron chi connectivity index (χ0n) is 70.8. The SMILES string of the molecule is O=C(OCC1OC(OC(=O)c2cc(O)c(O)c(O)c2)C2OC(=O)c3cc(O)c(O)c(O)c3-c3c(cc4c(c3O)OC(=O)c3cc(O)c(O)c(O)c3O4)C(=O)OC2C1OC(=O)c1cc(O)c(O)c(O)c1Oc1cc2c(c(O)c1O)-c1c(cc(O)c(O)c1O)C(=O)OC1C3OC(=O)c4cc(O)c(O)c(O)c4-c4c(cc(O)c(O)c4O)C(=O)OCC3OC(OC(=O)c3cc(O)c(O)c(O)c3)C1OC2=O)c1cc(O)c(O)c(O)c1. The van der Waals surface area contributed by atoms with Crippen LogP contribution in [0.1, 0.15) is 114 Å². The fourth-order valence-electron chi connectivity index (χ4n) is 15.8. The van der Waals surface area contributed by atoms with Gasteiger partial charge in [-0.1, -0.05) is 0 Å². The summed E-state index contributed by atoms with van der Waals surface area (Å²) >= 11 is 0. The van der Waals surface area contributed by atoms with E-state index in [4.69, 9.17) is 71.1 Å². The molecule has 6 heterocycles. The van der Waals surface area contributed by atoms with E-state index in [2.05, 4.69) is 0 Å². The van der Waals surface area contributed by atoms with Crippen LogP contribution in [0.4, 0.5) is 0 Å². The highest BCUT2D eigenvalue weighted by molar-refractivity contribution is 6.13. The minimum absolute atomic E-state index is 0.0282. The molecule has 2 saturated heterocycles. The van der Waals surface area contributed by atoms with E-state index in [-0.39, 0.29) is 30.3 Å². The number of carbonyl (C=O) groups is 11. The average molecular weight is 2020 g/mol. The number of fused-ring (bicyclic) bond motifs is 15. The summed E-state index contributed by atoms with van der Waals surface area (Å²) in [5, 5.41) is 334. The number of ether oxygens (including phenoxy) is 15. The van der Waals surface area contributed by atoms with Gasteiger partial charge in [0.1, 0.15) is 36.5 Å². The summed E-state index contributed by atoms with van der Waals surface area (Å²) in [6.45, 7) is -3.25. The third kappa shape index (κ3) is 15.9. The molecule has 0 bridgehead atoms. The molecule has 0 radical (unpaired) electrons. The zero-order chi connectivity index (χ0) is 105. The number of carbonyl (C=O) groups excluding carboxylic acids is 11. The molecular weight excluding hydrogens is 1960 g/mol. The quantitative estimate of drug-likeness (QED) is 0.0360. The van der Waals surface area contributed by atoms with Gasteiger partial charge in [0, 0.05) is 57.6 Å². The maximum atomic E-state index is 16.0. The first-order valence-corrected chi connectivity index (χ1v) is 40.2. The number of esters is 11. The molecule has 10 atom stereocenters. The van der Waals surface area contributed by atoms with Crippen LogP contribution in [-0.4, -0.2) is 293 Å². The van der Waals surface area contributed by atoms with Crippen molar-refractivity contribution in [3.63, 3.8) is 0 Å². The lowest BCUT2D eigenvalue weighted by atomic mass is 9.90. The molecule has 0 aromatic heterocycles. The van der Waals surface area contributed by atoms with E-state index in [1.807, 2.05) is 0 Å². The molecule has 6 aliphatic rings. The normalized spacial score (nSPS) is 19.2. The number of aromatic hydroxyl groups is 30. The van der Waals surface area contributed by atoms with Crippen LogP contribution >= 0.6 is 0 Å². The van der Waals surface area contributed by atoms with Gasteiger partial charge in [-0.3, -0.25) is 0 Å². The molecule has 30 N–H and O–H groups in total. The molecule has 17 rings (SSSR count). The molecule has 56 nitrogen and oxygen atoms in total. The predicted molar refractivity (Wildman–Crippen MR) is 447 cm³/mol. The number of hydrogen-bond acceptors (Lipinski definition) is 56. The summed E-state index contributed by atoms with van der Waals surface area (Å²) in [4.78, 5) is 166. The molecule has 2 fully saturated rings. The van der Waals surface area contributed by atoms with Gasteiger partial charge < -0.3 is 224 Å². The molecule has 56 heteroatoms. The standard InChI is InChI=1S/C89H58O56/c90-28-1-17(2-29(91)50(28)102)77(120)131-15-42-72(74-75(88(135-42)144-78(121)18-3-30(92)51(103)31(93)4-18)142-83(126)23-10-37(99)56(108)63(115)47(23)49-25(84(127)141-74)14-41-70(65(49)117)137-86(129)27-12-39(101)58(110)67(119)69(27)134-41)139-87(130)26-11-38(100)57(109)66(118)68(26)133-40-13-24-48(64(116)59(40)111)46-22(9-36(98)55(107)62(46)114)82(125)140-73-71-43(136-89(76(73)143-85(24)128)145-79(122)19-5-32(94)52(104)33(95)6-19)16-132-80(123)20-7-34(96)53(105)60(112)44(20)45-21(81(124)138-71)8-35(97)54(106)61(45)113/h1-14,42-43,71-76,88-119H,15-16H2. The number of phenolic OH excluding ortho intramolecular Hbond substituents is 30. The summed E-state index contributed by atoms with van der Waals surface area (Å²) in [7, 11) is 0. The summed E-state index contributed by atoms with van der Waals surface area (Å²) < 4.78 is 86.4. The number of hydrogen-bond donors (Lipinski definition) is 30. The van der Waals surface area contributed by atoms with Gasteiger partial charge in [-0.2, -0.15) is 0 Å². The van der Waals surface area contributed by atoms with Crippen molar-refractivity contribution in [1.82, 2.24) is 0 Å².